The number of carbonyl (C=O) groups excluding carboxylic acids is 1. The second-order valence-electron chi connectivity index (χ2n) is 5.46. The molecule has 1 aliphatic rings. The zero-order valence-electron chi connectivity index (χ0n) is 10.6. The van der Waals surface area contributed by atoms with Crippen molar-refractivity contribution >= 4 is 5.78 Å². The third kappa shape index (κ3) is 1.79. The van der Waals surface area contributed by atoms with Crippen molar-refractivity contribution in [2.45, 2.75) is 40.0 Å². The van der Waals surface area contributed by atoms with E-state index in [-0.39, 0.29) is 5.92 Å². The van der Waals surface area contributed by atoms with Crippen molar-refractivity contribution in [3.05, 3.63) is 34.9 Å². The molecule has 0 amide bonds. The van der Waals surface area contributed by atoms with E-state index in [0.717, 1.165) is 12.0 Å². The van der Waals surface area contributed by atoms with Crippen LogP contribution in [0.1, 0.15) is 55.1 Å². The quantitative estimate of drug-likeness (QED) is 0.734. The number of hydrogen-bond donors (Lipinski definition) is 0. The highest BCUT2D eigenvalue weighted by Gasteiger charge is 2.33. The van der Waals surface area contributed by atoms with Crippen molar-refractivity contribution in [1.29, 1.82) is 0 Å². The van der Waals surface area contributed by atoms with E-state index in [2.05, 4.69) is 39.0 Å². The summed E-state index contributed by atoms with van der Waals surface area (Å²) in [7, 11) is 0. The zero-order chi connectivity index (χ0) is 11.9. The van der Waals surface area contributed by atoms with Gasteiger partial charge in [0, 0.05) is 11.5 Å². The first-order valence-electron chi connectivity index (χ1n) is 6.17. The molecule has 2 atom stereocenters. The Kier molecular flexibility index (Phi) is 2.88. The molecule has 1 heteroatoms. The van der Waals surface area contributed by atoms with E-state index in [4.69, 9.17) is 0 Å². The van der Waals surface area contributed by atoms with Gasteiger partial charge in [0.05, 0.1) is 0 Å². The number of rotatable bonds is 2. The Morgan fingerprint density at radius 2 is 1.88 bits per heavy atom. The number of benzene rings is 1. The zero-order valence-corrected chi connectivity index (χ0v) is 10.6. The number of ketones is 1. The lowest BCUT2D eigenvalue weighted by Crippen LogP contribution is -2.06. The lowest BCUT2D eigenvalue weighted by atomic mass is 9.95. The standard InChI is InChI=1S/C15H20O/c1-9(2)7-12-5-6-13-10(3)11(4)15(16)14(13)8-12/h5-6,8-11H,7H2,1-4H3. The Hall–Kier alpha value is -1.11. The van der Waals surface area contributed by atoms with E-state index in [1.165, 1.54) is 11.1 Å². The van der Waals surface area contributed by atoms with Crippen LogP contribution in [-0.2, 0) is 6.42 Å². The maximum absolute atomic E-state index is 12.0. The first kappa shape index (κ1) is 11.4. The van der Waals surface area contributed by atoms with Crippen LogP contribution in [-0.4, -0.2) is 5.78 Å². The van der Waals surface area contributed by atoms with Crippen molar-refractivity contribution < 1.29 is 4.79 Å². The molecular formula is C15H20O. The predicted octanol–water partition coefficient (Wildman–Crippen LogP) is 3.82. The summed E-state index contributed by atoms with van der Waals surface area (Å²) < 4.78 is 0. The van der Waals surface area contributed by atoms with Crippen molar-refractivity contribution in [1.82, 2.24) is 0 Å². The highest BCUT2D eigenvalue weighted by molar-refractivity contribution is 6.03. The van der Waals surface area contributed by atoms with E-state index >= 15 is 0 Å². The van der Waals surface area contributed by atoms with Gasteiger partial charge in [0.2, 0.25) is 0 Å². The molecule has 0 saturated carbocycles. The fourth-order valence-corrected chi connectivity index (χ4v) is 2.55. The number of fused-ring (bicyclic) bond motifs is 1. The molecule has 86 valence electrons. The van der Waals surface area contributed by atoms with E-state index in [0.29, 0.717) is 17.6 Å². The molecule has 1 aromatic rings. The van der Waals surface area contributed by atoms with Crippen LogP contribution >= 0.6 is 0 Å². The smallest absolute Gasteiger partial charge is 0.166 e. The third-order valence-corrected chi connectivity index (χ3v) is 3.68. The fourth-order valence-electron chi connectivity index (χ4n) is 2.55. The summed E-state index contributed by atoms with van der Waals surface area (Å²) in [6.07, 6.45) is 1.06. The minimum atomic E-state index is 0.157. The van der Waals surface area contributed by atoms with Crippen molar-refractivity contribution in [2.24, 2.45) is 11.8 Å². The normalized spacial score (nSPS) is 23.9. The van der Waals surface area contributed by atoms with Crippen LogP contribution in [0.5, 0.6) is 0 Å². The first-order valence-corrected chi connectivity index (χ1v) is 6.17. The molecule has 0 fully saturated rings. The van der Waals surface area contributed by atoms with Gasteiger partial charge in [-0.05, 0) is 35.4 Å². The molecule has 0 N–H and O–H groups in total. The van der Waals surface area contributed by atoms with Crippen LogP contribution < -0.4 is 0 Å². The van der Waals surface area contributed by atoms with E-state index in [1.807, 2.05) is 6.92 Å². The minimum absolute atomic E-state index is 0.157. The summed E-state index contributed by atoms with van der Waals surface area (Å²) in [5, 5.41) is 0. The van der Waals surface area contributed by atoms with Gasteiger partial charge in [0.1, 0.15) is 0 Å². The van der Waals surface area contributed by atoms with Crippen molar-refractivity contribution in [3.63, 3.8) is 0 Å². The molecule has 0 saturated heterocycles. The Morgan fingerprint density at radius 1 is 1.19 bits per heavy atom. The summed E-state index contributed by atoms with van der Waals surface area (Å²) in [4.78, 5) is 12.0. The Bertz CT molecular complexity index is 417. The number of carbonyl (C=O) groups is 1. The van der Waals surface area contributed by atoms with Crippen LogP contribution in [0.3, 0.4) is 0 Å². The lowest BCUT2D eigenvalue weighted by Gasteiger charge is -2.09. The summed E-state index contributed by atoms with van der Waals surface area (Å²) >= 11 is 0. The molecule has 1 nitrogen and oxygen atoms in total. The molecule has 2 unspecified atom stereocenters. The predicted molar refractivity (Wildman–Crippen MR) is 66.9 cm³/mol. The maximum atomic E-state index is 12.0. The van der Waals surface area contributed by atoms with Gasteiger partial charge >= 0.3 is 0 Å². The molecule has 0 heterocycles. The molecule has 1 aliphatic carbocycles. The Labute approximate surface area is 97.9 Å². The molecule has 0 aromatic heterocycles. The number of hydrogen-bond acceptors (Lipinski definition) is 1. The Morgan fingerprint density at radius 3 is 2.50 bits per heavy atom. The van der Waals surface area contributed by atoms with Gasteiger partial charge in [-0.2, -0.15) is 0 Å². The molecule has 0 aliphatic heterocycles. The van der Waals surface area contributed by atoms with Gasteiger partial charge in [0.25, 0.3) is 0 Å². The Balaban J connectivity index is 2.37. The topological polar surface area (TPSA) is 17.1 Å². The summed E-state index contributed by atoms with van der Waals surface area (Å²) in [6.45, 7) is 8.60. The summed E-state index contributed by atoms with van der Waals surface area (Å²) in [5.74, 6) is 1.51. The van der Waals surface area contributed by atoms with Gasteiger partial charge in [0.15, 0.2) is 5.78 Å². The lowest BCUT2D eigenvalue weighted by molar-refractivity contribution is 0.0936. The highest BCUT2D eigenvalue weighted by Crippen LogP contribution is 2.37. The van der Waals surface area contributed by atoms with Gasteiger partial charge < -0.3 is 0 Å². The van der Waals surface area contributed by atoms with Crippen LogP contribution in [0.25, 0.3) is 0 Å². The van der Waals surface area contributed by atoms with Crippen LogP contribution in [0.4, 0.5) is 0 Å². The van der Waals surface area contributed by atoms with Crippen molar-refractivity contribution in [3.8, 4) is 0 Å². The molecule has 1 aromatic carbocycles. The fraction of sp³-hybridized carbons (Fsp3) is 0.533. The van der Waals surface area contributed by atoms with E-state index < -0.39 is 0 Å². The monoisotopic (exact) mass is 216 g/mol. The van der Waals surface area contributed by atoms with Crippen LogP contribution in [0.2, 0.25) is 0 Å². The SMILES string of the molecule is CC(C)Cc1ccc2c(c1)C(=O)C(C)C2C. The molecule has 16 heavy (non-hydrogen) atoms. The van der Waals surface area contributed by atoms with E-state index in [1.54, 1.807) is 0 Å². The van der Waals surface area contributed by atoms with Crippen LogP contribution in [0, 0.1) is 11.8 Å². The molecular weight excluding hydrogens is 196 g/mol. The first-order chi connectivity index (χ1) is 7.50. The second kappa shape index (κ2) is 4.04. The largest absolute Gasteiger partial charge is 0.294 e. The maximum Gasteiger partial charge on any atom is 0.166 e. The average Bonchev–Trinajstić information content (AvgIpc) is 2.43. The summed E-state index contributed by atoms with van der Waals surface area (Å²) in [5.41, 5.74) is 3.51. The molecule has 2 rings (SSSR count). The second-order valence-corrected chi connectivity index (χ2v) is 5.46. The van der Waals surface area contributed by atoms with Gasteiger partial charge in [-0.1, -0.05) is 39.8 Å². The summed E-state index contributed by atoms with van der Waals surface area (Å²) in [6, 6.07) is 6.44. The van der Waals surface area contributed by atoms with Gasteiger partial charge in [-0.25, -0.2) is 0 Å². The minimum Gasteiger partial charge on any atom is -0.294 e. The number of Topliss-reactive ketones (excluding diaryl/α,β-unsaturated/α-hetero) is 1. The highest BCUT2D eigenvalue weighted by atomic mass is 16.1. The van der Waals surface area contributed by atoms with Gasteiger partial charge in [-0.3, -0.25) is 4.79 Å². The molecule has 0 bridgehead atoms. The third-order valence-electron chi connectivity index (χ3n) is 3.68. The van der Waals surface area contributed by atoms with Crippen molar-refractivity contribution in [2.75, 3.05) is 0 Å². The van der Waals surface area contributed by atoms with Crippen LogP contribution in [0.15, 0.2) is 18.2 Å². The van der Waals surface area contributed by atoms with E-state index in [9.17, 15) is 4.79 Å². The molecule has 0 radical (unpaired) electrons. The molecule has 0 spiro atoms. The average molecular weight is 216 g/mol. The van der Waals surface area contributed by atoms with Gasteiger partial charge in [-0.15, -0.1) is 0 Å².